The summed E-state index contributed by atoms with van der Waals surface area (Å²) < 4.78 is 17.7. The van der Waals surface area contributed by atoms with Gasteiger partial charge in [0.05, 0.1) is 20.3 Å². The van der Waals surface area contributed by atoms with Crippen LogP contribution in [0, 0.1) is 23.2 Å². The first-order valence-corrected chi connectivity index (χ1v) is 12.3. The molecule has 5 atom stereocenters. The lowest BCUT2D eigenvalue weighted by molar-refractivity contribution is -0.181. The number of methoxy groups -OCH3 is 1. The molecule has 1 saturated heterocycles. The van der Waals surface area contributed by atoms with Crippen LogP contribution in [0.15, 0.2) is 35.4 Å². The van der Waals surface area contributed by atoms with E-state index in [-0.39, 0.29) is 5.79 Å². The lowest BCUT2D eigenvalue weighted by Gasteiger charge is -2.53. The van der Waals surface area contributed by atoms with Gasteiger partial charge in [0.2, 0.25) is 0 Å². The maximum atomic E-state index is 6.13. The number of hydrogen-bond donors (Lipinski definition) is 0. The maximum absolute atomic E-state index is 6.13. The van der Waals surface area contributed by atoms with Crippen molar-refractivity contribution in [2.45, 2.75) is 76.4 Å². The molecule has 3 saturated carbocycles. The molecule has 4 fully saturated rings. The average Bonchev–Trinajstić information content (AvgIpc) is 3.39. The van der Waals surface area contributed by atoms with Crippen molar-refractivity contribution in [1.29, 1.82) is 0 Å². The van der Waals surface area contributed by atoms with Gasteiger partial charge in [0, 0.05) is 18.8 Å². The Hall–Kier alpha value is -1.32. The Kier molecular flexibility index (Phi) is 4.58. The van der Waals surface area contributed by atoms with Gasteiger partial charge in [-0.1, -0.05) is 36.6 Å². The van der Waals surface area contributed by atoms with Gasteiger partial charge in [-0.3, -0.25) is 0 Å². The van der Waals surface area contributed by atoms with E-state index in [0.29, 0.717) is 17.3 Å². The molecule has 30 heavy (non-hydrogen) atoms. The number of fused-ring (bicyclic) bond motifs is 4. The Balaban J connectivity index is 1.42. The van der Waals surface area contributed by atoms with Gasteiger partial charge in [0.1, 0.15) is 5.75 Å². The fourth-order valence-electron chi connectivity index (χ4n) is 8.13. The summed E-state index contributed by atoms with van der Waals surface area (Å²) in [6.07, 6.45) is 11.6. The molecule has 4 aliphatic carbocycles. The van der Waals surface area contributed by atoms with Crippen LogP contribution in [-0.4, -0.2) is 26.1 Å². The third-order valence-electron chi connectivity index (χ3n) is 9.44. The highest BCUT2D eigenvalue weighted by atomic mass is 16.7. The predicted molar refractivity (Wildman–Crippen MR) is 118 cm³/mol. The zero-order valence-electron chi connectivity index (χ0n) is 18.6. The second-order valence-electron chi connectivity index (χ2n) is 10.9. The van der Waals surface area contributed by atoms with Crippen molar-refractivity contribution in [2.75, 3.05) is 20.3 Å². The molecule has 0 aromatic heterocycles. The van der Waals surface area contributed by atoms with Gasteiger partial charge < -0.3 is 14.2 Å². The van der Waals surface area contributed by atoms with Gasteiger partial charge >= 0.3 is 0 Å². The molecule has 1 aromatic rings. The Morgan fingerprint density at radius 1 is 0.967 bits per heavy atom. The zero-order valence-corrected chi connectivity index (χ0v) is 18.6. The molecular weight excluding hydrogens is 372 g/mol. The van der Waals surface area contributed by atoms with Crippen LogP contribution in [0.4, 0.5) is 0 Å². The van der Waals surface area contributed by atoms with Gasteiger partial charge in [0.15, 0.2) is 5.79 Å². The van der Waals surface area contributed by atoms with Gasteiger partial charge in [0.25, 0.3) is 0 Å². The minimum Gasteiger partial charge on any atom is -0.497 e. The van der Waals surface area contributed by atoms with Crippen LogP contribution in [0.1, 0.15) is 76.2 Å². The van der Waals surface area contributed by atoms with E-state index in [1.807, 2.05) is 5.57 Å². The molecule has 0 radical (unpaired) electrons. The van der Waals surface area contributed by atoms with E-state index < -0.39 is 0 Å². The van der Waals surface area contributed by atoms with Crippen LogP contribution < -0.4 is 4.74 Å². The first-order valence-electron chi connectivity index (χ1n) is 12.3. The van der Waals surface area contributed by atoms with Crippen molar-refractivity contribution in [3.8, 4) is 5.75 Å². The topological polar surface area (TPSA) is 27.7 Å². The molecule has 0 N–H and O–H groups in total. The van der Waals surface area contributed by atoms with E-state index in [2.05, 4.69) is 31.2 Å². The molecule has 3 heteroatoms. The Morgan fingerprint density at radius 3 is 2.53 bits per heavy atom. The summed E-state index contributed by atoms with van der Waals surface area (Å²) in [7, 11) is 1.76. The highest BCUT2D eigenvalue weighted by molar-refractivity contribution is 5.41. The van der Waals surface area contributed by atoms with Gasteiger partial charge in [-0.25, -0.2) is 0 Å². The molecule has 0 bridgehead atoms. The van der Waals surface area contributed by atoms with E-state index in [1.54, 1.807) is 12.7 Å². The van der Waals surface area contributed by atoms with E-state index in [9.17, 15) is 0 Å². The van der Waals surface area contributed by atoms with Crippen LogP contribution in [0.2, 0.25) is 0 Å². The SMILES string of the molecule is COc1ccc([C@H]2C[C@]3(C)CCC[C@H]3[C@@H]3CCC4CC5(CCC4=C32)OCCO5)cc1. The molecule has 0 amide bonds. The largest absolute Gasteiger partial charge is 0.497 e. The smallest absolute Gasteiger partial charge is 0.169 e. The van der Waals surface area contributed by atoms with Crippen molar-refractivity contribution in [1.82, 2.24) is 0 Å². The van der Waals surface area contributed by atoms with Crippen LogP contribution >= 0.6 is 0 Å². The van der Waals surface area contributed by atoms with E-state index >= 15 is 0 Å². The van der Waals surface area contributed by atoms with Gasteiger partial charge in [-0.15, -0.1) is 0 Å². The molecule has 6 rings (SSSR count). The Morgan fingerprint density at radius 2 is 1.77 bits per heavy atom. The molecular formula is C27H36O3. The molecule has 1 unspecified atom stereocenters. The summed E-state index contributed by atoms with van der Waals surface area (Å²) in [6, 6.07) is 9.00. The van der Waals surface area contributed by atoms with E-state index in [4.69, 9.17) is 14.2 Å². The number of allylic oxidation sites excluding steroid dienone is 2. The first-order chi connectivity index (χ1) is 14.6. The van der Waals surface area contributed by atoms with E-state index in [0.717, 1.165) is 43.6 Å². The number of hydrogen-bond acceptors (Lipinski definition) is 3. The third-order valence-corrected chi connectivity index (χ3v) is 9.44. The molecule has 5 aliphatic rings. The molecule has 1 aromatic carbocycles. The summed E-state index contributed by atoms with van der Waals surface area (Å²) in [5, 5.41) is 0. The summed E-state index contributed by atoms with van der Waals surface area (Å²) in [6.45, 7) is 4.15. The minimum absolute atomic E-state index is 0.270. The third kappa shape index (κ3) is 2.92. The molecule has 162 valence electrons. The highest BCUT2D eigenvalue weighted by Crippen LogP contribution is 2.64. The van der Waals surface area contributed by atoms with E-state index in [1.165, 1.54) is 50.5 Å². The number of ether oxygens (including phenoxy) is 3. The van der Waals surface area contributed by atoms with Crippen molar-refractivity contribution >= 4 is 0 Å². The summed E-state index contributed by atoms with van der Waals surface area (Å²) in [4.78, 5) is 0. The standard InChI is InChI=1S/C27H36O3/c1-26-12-3-4-24(26)22-10-7-19-16-27(29-14-15-30-27)13-11-21(19)25(22)23(17-26)18-5-8-20(28-2)9-6-18/h5-6,8-9,19,22-24H,3-4,7,10-17H2,1-2H3/t19?,22-,23+,24-,26-/m0/s1. The van der Waals surface area contributed by atoms with Crippen LogP contribution in [-0.2, 0) is 9.47 Å². The molecule has 3 nitrogen and oxygen atoms in total. The average molecular weight is 409 g/mol. The number of benzene rings is 1. The Labute approximate surface area is 181 Å². The molecule has 1 spiro atoms. The lowest BCUT2D eigenvalue weighted by Crippen LogP contribution is -2.44. The monoisotopic (exact) mass is 408 g/mol. The maximum Gasteiger partial charge on any atom is 0.169 e. The zero-order chi connectivity index (χ0) is 20.3. The number of rotatable bonds is 2. The minimum atomic E-state index is -0.270. The summed E-state index contributed by atoms with van der Waals surface area (Å²) in [5.41, 5.74) is 5.66. The molecule has 1 aliphatic heterocycles. The van der Waals surface area contributed by atoms with Gasteiger partial charge in [-0.05, 0) is 79.4 Å². The van der Waals surface area contributed by atoms with Crippen molar-refractivity contribution in [2.24, 2.45) is 23.2 Å². The normalized spacial score (nSPS) is 39.5. The van der Waals surface area contributed by atoms with Crippen molar-refractivity contribution < 1.29 is 14.2 Å². The lowest BCUT2D eigenvalue weighted by atomic mass is 9.52. The summed E-state index contributed by atoms with van der Waals surface area (Å²) >= 11 is 0. The first kappa shape index (κ1) is 19.4. The van der Waals surface area contributed by atoms with Gasteiger partial charge in [-0.2, -0.15) is 0 Å². The van der Waals surface area contributed by atoms with Crippen LogP contribution in [0.3, 0.4) is 0 Å². The van der Waals surface area contributed by atoms with Crippen LogP contribution in [0.5, 0.6) is 5.75 Å². The van der Waals surface area contributed by atoms with Crippen LogP contribution in [0.25, 0.3) is 0 Å². The highest BCUT2D eigenvalue weighted by Gasteiger charge is 2.54. The fraction of sp³-hybridized carbons (Fsp3) is 0.704. The summed E-state index contributed by atoms with van der Waals surface area (Å²) in [5.74, 6) is 3.63. The predicted octanol–water partition coefficient (Wildman–Crippen LogP) is 6.24. The second-order valence-corrected chi connectivity index (χ2v) is 10.9. The fourth-order valence-corrected chi connectivity index (χ4v) is 8.13. The second kappa shape index (κ2) is 7.10. The van der Waals surface area contributed by atoms with Crippen molar-refractivity contribution in [3.63, 3.8) is 0 Å². The molecule has 1 heterocycles. The Bertz CT molecular complexity index is 834. The van der Waals surface area contributed by atoms with Crippen molar-refractivity contribution in [3.05, 3.63) is 41.0 Å². The quantitative estimate of drug-likeness (QED) is 0.542.